The van der Waals surface area contributed by atoms with Crippen molar-refractivity contribution in [1.82, 2.24) is 4.57 Å². The van der Waals surface area contributed by atoms with Gasteiger partial charge < -0.3 is 15.0 Å². The smallest absolute Gasteiger partial charge is 0.260 e. The summed E-state index contributed by atoms with van der Waals surface area (Å²) in [5, 5.41) is 0. The van der Waals surface area contributed by atoms with E-state index in [4.69, 9.17) is 22.7 Å². The van der Waals surface area contributed by atoms with Crippen LogP contribution in [0.3, 0.4) is 0 Å². The highest BCUT2D eigenvalue weighted by atomic mass is 32.1. The number of aromatic nitrogens is 1. The minimum Gasteiger partial charge on any atom is -0.389 e. The van der Waals surface area contributed by atoms with Crippen LogP contribution in [0.25, 0.3) is 0 Å². The quantitative estimate of drug-likeness (QED) is 0.824. The summed E-state index contributed by atoms with van der Waals surface area (Å²) in [6.45, 7) is 6.46. The highest BCUT2D eigenvalue weighted by Gasteiger charge is 2.17. The fraction of sp³-hybridized carbons (Fsp3) is 0.538. The van der Waals surface area contributed by atoms with Gasteiger partial charge in [0.2, 0.25) is 0 Å². The first-order valence-corrected chi connectivity index (χ1v) is 6.25. The number of hydrogen-bond donors (Lipinski definition) is 1. The van der Waals surface area contributed by atoms with Gasteiger partial charge >= 0.3 is 0 Å². The van der Waals surface area contributed by atoms with Gasteiger partial charge in [-0.05, 0) is 39.3 Å². The molecular formula is C13H20N2O2S. The Labute approximate surface area is 113 Å². The molecule has 0 spiro atoms. The molecule has 1 rings (SSSR count). The highest BCUT2D eigenvalue weighted by Crippen LogP contribution is 2.14. The van der Waals surface area contributed by atoms with Crippen LogP contribution in [0.1, 0.15) is 31.5 Å². The van der Waals surface area contributed by atoms with Crippen molar-refractivity contribution >= 4 is 17.2 Å². The number of nitrogens with zero attached hydrogens (tertiary/aromatic N) is 1. The molecule has 0 aliphatic carbocycles. The first kappa shape index (κ1) is 14.9. The topological polar surface area (TPSA) is 57.2 Å². The Balaban J connectivity index is 3.06. The molecule has 4 nitrogen and oxygen atoms in total. The zero-order valence-corrected chi connectivity index (χ0v) is 12.1. The van der Waals surface area contributed by atoms with Crippen molar-refractivity contribution in [2.45, 2.75) is 39.3 Å². The van der Waals surface area contributed by atoms with Crippen molar-refractivity contribution in [3.63, 3.8) is 0 Å². The summed E-state index contributed by atoms with van der Waals surface area (Å²) >= 11 is 4.87. The van der Waals surface area contributed by atoms with E-state index in [2.05, 4.69) is 0 Å². The number of thiocarbonyl (C=S) groups is 1. The van der Waals surface area contributed by atoms with Gasteiger partial charge in [-0.25, -0.2) is 0 Å². The molecule has 1 heterocycles. The zero-order chi connectivity index (χ0) is 13.9. The largest absolute Gasteiger partial charge is 0.389 e. The first-order valence-electron chi connectivity index (χ1n) is 5.84. The predicted molar refractivity (Wildman–Crippen MR) is 77.0 cm³/mol. The van der Waals surface area contributed by atoms with Crippen molar-refractivity contribution in [3.05, 3.63) is 33.7 Å². The lowest BCUT2D eigenvalue weighted by molar-refractivity contribution is 0.0117. The van der Waals surface area contributed by atoms with E-state index in [0.29, 0.717) is 12.1 Å². The molecule has 0 fully saturated rings. The van der Waals surface area contributed by atoms with Crippen molar-refractivity contribution < 1.29 is 4.74 Å². The molecule has 0 saturated carbocycles. The second-order valence-corrected chi connectivity index (χ2v) is 5.36. The summed E-state index contributed by atoms with van der Waals surface area (Å²) in [4.78, 5) is 12.3. The molecule has 0 aliphatic heterocycles. The second-order valence-electron chi connectivity index (χ2n) is 4.92. The van der Waals surface area contributed by atoms with Crippen LogP contribution in [0.15, 0.2) is 16.9 Å². The second kappa shape index (κ2) is 5.63. The molecule has 100 valence electrons. The van der Waals surface area contributed by atoms with Crippen molar-refractivity contribution in [3.8, 4) is 0 Å². The maximum absolute atomic E-state index is 12.2. The number of ether oxygens (including phenoxy) is 1. The zero-order valence-electron chi connectivity index (χ0n) is 11.3. The van der Waals surface area contributed by atoms with Gasteiger partial charge in [0.15, 0.2) is 0 Å². The Morgan fingerprint density at radius 1 is 1.50 bits per heavy atom. The summed E-state index contributed by atoms with van der Waals surface area (Å²) in [5.74, 6) is 0. The third kappa shape index (κ3) is 3.40. The van der Waals surface area contributed by atoms with E-state index in [0.717, 1.165) is 12.1 Å². The van der Waals surface area contributed by atoms with Crippen LogP contribution >= 0.6 is 12.2 Å². The Hall–Kier alpha value is -1.20. The van der Waals surface area contributed by atoms with E-state index >= 15 is 0 Å². The lowest BCUT2D eigenvalue weighted by atomic mass is 10.1. The van der Waals surface area contributed by atoms with E-state index in [1.54, 1.807) is 17.7 Å². The fourth-order valence-corrected chi connectivity index (χ4v) is 1.77. The number of hydrogen-bond acceptors (Lipinski definition) is 3. The van der Waals surface area contributed by atoms with Crippen molar-refractivity contribution in [2.24, 2.45) is 5.73 Å². The third-order valence-corrected chi connectivity index (χ3v) is 3.37. The van der Waals surface area contributed by atoms with Gasteiger partial charge in [-0.15, -0.1) is 0 Å². The number of nitrogens with two attached hydrogens (primary N) is 1. The number of aryl methyl sites for hydroxylation is 1. The van der Waals surface area contributed by atoms with Crippen LogP contribution < -0.4 is 11.3 Å². The summed E-state index contributed by atoms with van der Waals surface area (Å²) in [6.07, 6.45) is 0.741. The Morgan fingerprint density at radius 2 is 2.11 bits per heavy atom. The molecule has 0 unspecified atom stereocenters. The predicted octanol–water partition coefficient (Wildman–Crippen LogP) is 1.61. The fourth-order valence-electron chi connectivity index (χ4n) is 1.62. The van der Waals surface area contributed by atoms with Gasteiger partial charge in [-0.2, -0.15) is 0 Å². The van der Waals surface area contributed by atoms with Crippen LogP contribution in [0.4, 0.5) is 0 Å². The van der Waals surface area contributed by atoms with Gasteiger partial charge in [-0.3, -0.25) is 4.79 Å². The lowest BCUT2D eigenvalue weighted by Crippen LogP contribution is -2.33. The molecule has 0 aromatic carbocycles. The summed E-state index contributed by atoms with van der Waals surface area (Å²) in [7, 11) is 1.67. The molecule has 0 radical (unpaired) electrons. The molecule has 5 heteroatoms. The SMILES string of the molecule is COC(C)(C)CCn1c(C)ccc(C(N)=S)c1=O. The van der Waals surface area contributed by atoms with E-state index < -0.39 is 0 Å². The lowest BCUT2D eigenvalue weighted by Gasteiger charge is -2.23. The van der Waals surface area contributed by atoms with E-state index in [1.807, 2.05) is 26.8 Å². The molecule has 0 saturated heterocycles. The van der Waals surface area contributed by atoms with Gasteiger partial charge in [0.1, 0.15) is 4.99 Å². The Kier molecular flexibility index (Phi) is 4.65. The monoisotopic (exact) mass is 268 g/mol. The van der Waals surface area contributed by atoms with E-state index in [-0.39, 0.29) is 16.1 Å². The molecule has 0 bridgehead atoms. The third-order valence-electron chi connectivity index (χ3n) is 3.15. The number of pyridine rings is 1. The summed E-state index contributed by atoms with van der Waals surface area (Å²) < 4.78 is 7.04. The van der Waals surface area contributed by atoms with Crippen LogP contribution in [-0.4, -0.2) is 22.3 Å². The Bertz CT molecular complexity index is 506. The van der Waals surface area contributed by atoms with Crippen LogP contribution in [0, 0.1) is 6.92 Å². The molecule has 18 heavy (non-hydrogen) atoms. The van der Waals surface area contributed by atoms with Gasteiger partial charge in [-0.1, -0.05) is 12.2 Å². The molecule has 1 aromatic rings. The highest BCUT2D eigenvalue weighted by molar-refractivity contribution is 7.80. The van der Waals surface area contributed by atoms with Crippen molar-refractivity contribution in [2.75, 3.05) is 7.11 Å². The molecule has 1 aromatic heterocycles. The molecular weight excluding hydrogens is 248 g/mol. The van der Waals surface area contributed by atoms with E-state index in [9.17, 15) is 4.79 Å². The van der Waals surface area contributed by atoms with Crippen LogP contribution in [0.5, 0.6) is 0 Å². The number of methoxy groups -OCH3 is 1. The minimum absolute atomic E-state index is 0.130. The Morgan fingerprint density at radius 3 is 2.61 bits per heavy atom. The van der Waals surface area contributed by atoms with Crippen LogP contribution in [0.2, 0.25) is 0 Å². The molecule has 0 atom stereocenters. The minimum atomic E-state index is -0.259. The average molecular weight is 268 g/mol. The molecule has 2 N–H and O–H groups in total. The van der Waals surface area contributed by atoms with Gasteiger partial charge in [0, 0.05) is 19.3 Å². The molecule has 0 amide bonds. The van der Waals surface area contributed by atoms with Gasteiger partial charge in [0.25, 0.3) is 5.56 Å². The van der Waals surface area contributed by atoms with Gasteiger partial charge in [0.05, 0.1) is 11.2 Å². The maximum atomic E-state index is 12.2. The standard InChI is InChI=1S/C13H20N2O2S/c1-9-5-6-10(11(14)18)12(16)15(9)8-7-13(2,3)17-4/h5-6H,7-8H2,1-4H3,(H2,14,18). The average Bonchev–Trinajstić information content (AvgIpc) is 2.28. The molecule has 0 aliphatic rings. The maximum Gasteiger partial charge on any atom is 0.260 e. The summed E-state index contributed by atoms with van der Waals surface area (Å²) in [5.41, 5.74) is 6.44. The number of rotatable bonds is 5. The van der Waals surface area contributed by atoms with Crippen molar-refractivity contribution in [1.29, 1.82) is 0 Å². The van der Waals surface area contributed by atoms with E-state index in [1.165, 1.54) is 0 Å². The van der Waals surface area contributed by atoms with Crippen LogP contribution in [-0.2, 0) is 11.3 Å². The first-order chi connectivity index (χ1) is 8.28. The normalized spacial score (nSPS) is 11.6. The summed E-state index contributed by atoms with van der Waals surface area (Å²) in [6, 6.07) is 3.54.